The molecule has 0 aliphatic carbocycles. The molecule has 0 aliphatic heterocycles. The molecule has 9 heteroatoms. The molecule has 3 aromatic rings. The first-order valence-corrected chi connectivity index (χ1v) is 7.68. The molecule has 1 aromatic heterocycles. The average Bonchev–Trinajstić information content (AvgIpc) is 3.10. The molecule has 8 nitrogen and oxygen atoms in total. The van der Waals surface area contributed by atoms with Crippen molar-refractivity contribution >= 4 is 23.0 Å². The van der Waals surface area contributed by atoms with Crippen molar-refractivity contribution < 1.29 is 9.76 Å². The maximum absolute atomic E-state index is 11.2. The van der Waals surface area contributed by atoms with Crippen LogP contribution in [0, 0.1) is 10.1 Å². The minimum atomic E-state index is -0.451. The summed E-state index contributed by atoms with van der Waals surface area (Å²) in [6, 6.07) is 11.5. The van der Waals surface area contributed by atoms with E-state index in [9.17, 15) is 10.1 Å². The van der Waals surface area contributed by atoms with Crippen molar-refractivity contribution in [2.45, 2.75) is 6.54 Å². The van der Waals surface area contributed by atoms with Crippen LogP contribution in [0.3, 0.4) is 0 Å². The number of benzene rings is 2. The molecule has 0 radical (unpaired) electrons. The van der Waals surface area contributed by atoms with Crippen LogP contribution < -0.4 is 9.90 Å². The van der Waals surface area contributed by atoms with Crippen molar-refractivity contribution in [1.82, 2.24) is 14.8 Å². The monoisotopic (exact) mass is 359 g/mol. The van der Waals surface area contributed by atoms with Gasteiger partial charge in [-0.05, 0) is 24.3 Å². The fourth-order valence-electron chi connectivity index (χ4n) is 2.33. The lowest BCUT2D eigenvalue weighted by atomic mass is 10.2. The van der Waals surface area contributed by atoms with Crippen molar-refractivity contribution in [2.24, 2.45) is 0 Å². The van der Waals surface area contributed by atoms with E-state index in [1.54, 1.807) is 54.5 Å². The number of aromatic nitrogens is 3. The van der Waals surface area contributed by atoms with E-state index in [4.69, 9.17) is 16.4 Å². The number of nitro benzene ring substituents is 1. The molecule has 0 saturated heterocycles. The highest BCUT2D eigenvalue weighted by Crippen LogP contribution is 2.30. The number of nitrogens with zero attached hydrogens (tertiary/aromatic N) is 5. The van der Waals surface area contributed by atoms with Gasteiger partial charge in [-0.1, -0.05) is 23.7 Å². The Labute approximate surface area is 148 Å². The van der Waals surface area contributed by atoms with Crippen LogP contribution in [0.1, 0.15) is 5.56 Å². The van der Waals surface area contributed by atoms with Gasteiger partial charge in [-0.25, -0.2) is 14.7 Å². The number of anilines is 1. The van der Waals surface area contributed by atoms with Crippen LogP contribution in [0.4, 0.5) is 11.4 Å². The van der Waals surface area contributed by atoms with E-state index in [1.165, 1.54) is 17.5 Å². The summed E-state index contributed by atoms with van der Waals surface area (Å²) in [5.74, 6) is 0.514. The van der Waals surface area contributed by atoms with Crippen LogP contribution in [0.2, 0.25) is 5.02 Å². The molecule has 0 amide bonds. The van der Waals surface area contributed by atoms with Gasteiger partial charge in [0.2, 0.25) is 0 Å². The Morgan fingerprint density at radius 3 is 2.84 bits per heavy atom. The molecule has 0 unspecified atom stereocenters. The summed E-state index contributed by atoms with van der Waals surface area (Å²) in [5.41, 5.74) is 1.06. The zero-order chi connectivity index (χ0) is 17.8. The third-order valence-electron chi connectivity index (χ3n) is 3.47. The summed E-state index contributed by atoms with van der Waals surface area (Å²) in [5, 5.41) is 17.2. The number of nitro groups is 1. The highest BCUT2D eigenvalue weighted by atomic mass is 35.5. The fourth-order valence-corrected chi connectivity index (χ4v) is 2.53. The fraction of sp³-hybridized carbons (Fsp3) is 0.125. The summed E-state index contributed by atoms with van der Waals surface area (Å²) >= 11 is 6.07. The van der Waals surface area contributed by atoms with Crippen LogP contribution in [0.15, 0.2) is 55.1 Å². The first-order valence-electron chi connectivity index (χ1n) is 7.30. The lowest BCUT2D eigenvalue weighted by molar-refractivity contribution is -0.384. The Bertz CT molecular complexity index is 885. The van der Waals surface area contributed by atoms with Gasteiger partial charge in [0, 0.05) is 23.7 Å². The maximum Gasteiger partial charge on any atom is 0.295 e. The van der Waals surface area contributed by atoms with Crippen LogP contribution in [-0.2, 0) is 6.54 Å². The van der Waals surface area contributed by atoms with E-state index < -0.39 is 4.92 Å². The van der Waals surface area contributed by atoms with Gasteiger partial charge in [0.05, 0.1) is 11.5 Å². The first kappa shape index (κ1) is 16.7. The van der Waals surface area contributed by atoms with Crippen molar-refractivity contribution in [3.63, 3.8) is 0 Å². The number of para-hydroxylation sites is 2. The van der Waals surface area contributed by atoms with Gasteiger partial charge < -0.3 is 4.84 Å². The summed E-state index contributed by atoms with van der Waals surface area (Å²) < 4.78 is 1.63. The third kappa shape index (κ3) is 3.86. The highest BCUT2D eigenvalue weighted by Gasteiger charge is 2.18. The van der Waals surface area contributed by atoms with E-state index in [2.05, 4.69) is 10.1 Å². The number of hydrogen-bond acceptors (Lipinski definition) is 6. The van der Waals surface area contributed by atoms with Crippen LogP contribution in [0.25, 0.3) is 0 Å². The van der Waals surface area contributed by atoms with E-state index in [0.717, 1.165) is 5.56 Å². The van der Waals surface area contributed by atoms with Crippen LogP contribution >= 0.6 is 11.6 Å². The number of halogens is 1. The normalized spacial score (nSPS) is 10.5. The van der Waals surface area contributed by atoms with Crippen molar-refractivity contribution in [1.29, 1.82) is 0 Å². The summed E-state index contributed by atoms with van der Waals surface area (Å²) in [7, 11) is 1.61. The standard InChI is InChI=1S/C16H14ClN5O3/c1-20(14-4-2-3-5-15(14)22(23)24)25-16-7-6-13(17)8-12(16)9-21-11-18-10-19-21/h2-8,10-11H,9H2,1H3. The molecular formula is C16H14ClN5O3. The molecule has 25 heavy (non-hydrogen) atoms. The lowest BCUT2D eigenvalue weighted by Crippen LogP contribution is -2.23. The topological polar surface area (TPSA) is 86.3 Å². The van der Waals surface area contributed by atoms with Gasteiger partial charge in [0.15, 0.2) is 11.4 Å². The molecule has 128 valence electrons. The predicted octanol–water partition coefficient (Wildman–Crippen LogP) is 3.32. The maximum atomic E-state index is 11.2. The Balaban J connectivity index is 1.89. The lowest BCUT2D eigenvalue weighted by Gasteiger charge is -2.21. The first-order chi connectivity index (χ1) is 12.0. The zero-order valence-corrected chi connectivity index (χ0v) is 14.0. The molecule has 0 bridgehead atoms. The molecule has 0 spiro atoms. The molecular weight excluding hydrogens is 346 g/mol. The number of rotatable bonds is 6. The predicted molar refractivity (Wildman–Crippen MR) is 92.7 cm³/mol. The van der Waals surface area contributed by atoms with E-state index in [-0.39, 0.29) is 5.69 Å². The van der Waals surface area contributed by atoms with Crippen LogP contribution in [0.5, 0.6) is 5.75 Å². The van der Waals surface area contributed by atoms with Gasteiger partial charge >= 0.3 is 0 Å². The summed E-state index contributed by atoms with van der Waals surface area (Å²) in [4.78, 5) is 20.5. The third-order valence-corrected chi connectivity index (χ3v) is 3.71. The molecule has 0 N–H and O–H groups in total. The summed E-state index contributed by atoms with van der Waals surface area (Å²) in [6.45, 7) is 0.403. The molecule has 0 fully saturated rings. The quantitative estimate of drug-likeness (QED) is 0.495. The number of hydrogen-bond donors (Lipinski definition) is 0. The molecule has 0 atom stereocenters. The number of hydroxylamine groups is 1. The van der Waals surface area contributed by atoms with Gasteiger partial charge in [0.1, 0.15) is 12.7 Å². The average molecular weight is 360 g/mol. The minimum Gasteiger partial charge on any atom is -0.379 e. The van der Waals surface area contributed by atoms with E-state index in [0.29, 0.717) is 23.0 Å². The molecule has 0 saturated carbocycles. The molecule has 2 aromatic carbocycles. The second-order valence-corrected chi connectivity index (χ2v) is 5.62. The minimum absolute atomic E-state index is 0.0446. The largest absolute Gasteiger partial charge is 0.379 e. The highest BCUT2D eigenvalue weighted by molar-refractivity contribution is 6.30. The Kier molecular flexibility index (Phi) is 4.80. The van der Waals surface area contributed by atoms with Crippen molar-refractivity contribution in [2.75, 3.05) is 12.1 Å². The van der Waals surface area contributed by atoms with Crippen molar-refractivity contribution in [3.05, 3.63) is 75.8 Å². The molecule has 1 heterocycles. The van der Waals surface area contributed by atoms with Crippen LogP contribution in [-0.4, -0.2) is 26.7 Å². The van der Waals surface area contributed by atoms with E-state index >= 15 is 0 Å². The van der Waals surface area contributed by atoms with Gasteiger partial charge in [-0.2, -0.15) is 5.10 Å². The Morgan fingerprint density at radius 1 is 1.32 bits per heavy atom. The second-order valence-electron chi connectivity index (χ2n) is 5.18. The molecule has 0 aliphatic rings. The Morgan fingerprint density at radius 2 is 2.12 bits per heavy atom. The Hall–Kier alpha value is -3.13. The van der Waals surface area contributed by atoms with Gasteiger partial charge in [-0.15, -0.1) is 0 Å². The smallest absolute Gasteiger partial charge is 0.295 e. The van der Waals surface area contributed by atoms with Crippen molar-refractivity contribution in [3.8, 4) is 5.75 Å². The van der Waals surface area contributed by atoms with Gasteiger partial charge in [0.25, 0.3) is 5.69 Å². The van der Waals surface area contributed by atoms with Gasteiger partial charge in [-0.3, -0.25) is 10.1 Å². The summed E-state index contributed by atoms with van der Waals surface area (Å²) in [6.07, 6.45) is 3.01. The van der Waals surface area contributed by atoms with E-state index in [1.807, 2.05) is 0 Å². The second kappa shape index (κ2) is 7.18. The zero-order valence-electron chi connectivity index (χ0n) is 13.2. The SMILES string of the molecule is CN(Oc1ccc(Cl)cc1Cn1cncn1)c1ccccc1[N+](=O)[O-]. The molecule has 3 rings (SSSR count).